The average Bonchev–Trinajstić information content (AvgIpc) is 2.90. The molecule has 1 aliphatic heterocycles. The SMILES string of the molecule is CC(=O)Nc1ccccc1[As](=O)(O)OO.[O-][S+]1CC=CN1. The van der Waals surface area contributed by atoms with Crippen LogP contribution in [0.2, 0.25) is 0 Å². The van der Waals surface area contributed by atoms with Gasteiger partial charge in [-0.3, -0.25) is 0 Å². The fourth-order valence-corrected chi connectivity index (χ4v) is 3.66. The van der Waals surface area contributed by atoms with Gasteiger partial charge in [0.1, 0.15) is 0 Å². The van der Waals surface area contributed by atoms with Crippen LogP contribution in [-0.4, -0.2) is 39.7 Å². The first kappa shape index (κ1) is 17.8. The molecule has 0 saturated carbocycles. The molecule has 116 valence electrons. The number of hydrogen-bond acceptors (Lipinski definition) is 6. The van der Waals surface area contributed by atoms with Gasteiger partial charge in [0.2, 0.25) is 0 Å². The number of anilines is 1. The largest absolute Gasteiger partial charge is 0.593 e. The second-order valence-corrected chi connectivity index (χ2v) is 8.63. The molecule has 1 amide bonds. The molecule has 2 rings (SSSR count). The first-order chi connectivity index (χ1) is 9.86. The summed E-state index contributed by atoms with van der Waals surface area (Å²) in [5.41, 5.74) is 0.157. The van der Waals surface area contributed by atoms with Crippen molar-refractivity contribution >= 4 is 41.5 Å². The molecule has 0 radical (unpaired) electrons. The Labute approximate surface area is 127 Å². The number of rotatable bonds is 3. The van der Waals surface area contributed by atoms with E-state index in [1.165, 1.54) is 25.1 Å². The Hall–Kier alpha value is -1.22. The van der Waals surface area contributed by atoms with Crippen molar-refractivity contribution in [2.24, 2.45) is 0 Å². The van der Waals surface area contributed by atoms with E-state index >= 15 is 0 Å². The minimum Gasteiger partial charge on any atom is -0.593 e. The summed E-state index contributed by atoms with van der Waals surface area (Å²) in [5.74, 6) is 0.288. The molecule has 1 heterocycles. The van der Waals surface area contributed by atoms with Gasteiger partial charge in [-0.2, -0.15) is 0 Å². The van der Waals surface area contributed by atoms with Gasteiger partial charge in [0.25, 0.3) is 0 Å². The van der Waals surface area contributed by atoms with Gasteiger partial charge >= 0.3 is 88.4 Å². The first-order valence-electron chi connectivity index (χ1n) is 5.69. The molecule has 2 atom stereocenters. The van der Waals surface area contributed by atoms with E-state index < -0.39 is 25.5 Å². The molecule has 1 aromatic rings. The zero-order valence-electron chi connectivity index (χ0n) is 11.1. The maximum atomic E-state index is 11.4. The minimum absolute atomic E-state index is 0.103. The van der Waals surface area contributed by atoms with Crippen LogP contribution in [0.4, 0.5) is 5.69 Å². The Morgan fingerprint density at radius 3 is 2.62 bits per heavy atom. The van der Waals surface area contributed by atoms with Crippen molar-refractivity contribution in [2.45, 2.75) is 6.92 Å². The number of carbonyl (C=O) groups is 1. The van der Waals surface area contributed by atoms with Crippen molar-refractivity contribution in [3.05, 3.63) is 36.5 Å². The molecule has 1 aliphatic rings. The maximum absolute atomic E-state index is 11.4. The average molecular weight is 378 g/mol. The zero-order valence-corrected chi connectivity index (χ0v) is 13.7. The molecule has 1 aromatic carbocycles. The number of para-hydroxylation sites is 1. The molecule has 0 aromatic heterocycles. The molecule has 0 spiro atoms. The van der Waals surface area contributed by atoms with Crippen LogP contribution in [0, 0.1) is 0 Å². The van der Waals surface area contributed by atoms with Crippen molar-refractivity contribution in [3.63, 3.8) is 0 Å². The summed E-state index contributed by atoms with van der Waals surface area (Å²) in [6.07, 6.45) is 3.55. The molecule has 0 bridgehead atoms. The van der Waals surface area contributed by atoms with Gasteiger partial charge in [0.05, 0.1) is 11.4 Å². The van der Waals surface area contributed by atoms with E-state index in [1.54, 1.807) is 12.3 Å². The van der Waals surface area contributed by atoms with Crippen LogP contribution >= 0.6 is 0 Å². The van der Waals surface area contributed by atoms with Crippen molar-refractivity contribution in [3.8, 4) is 0 Å². The fourth-order valence-electron chi connectivity index (χ4n) is 1.37. The summed E-state index contributed by atoms with van der Waals surface area (Å²) in [6, 6.07) is 5.84. The number of nitrogens with one attached hydrogen (secondary N) is 2. The van der Waals surface area contributed by atoms with Gasteiger partial charge < -0.3 is 4.55 Å². The van der Waals surface area contributed by atoms with Crippen LogP contribution in [0.25, 0.3) is 0 Å². The Bertz CT molecular complexity index is 559. The summed E-state index contributed by atoms with van der Waals surface area (Å²) < 4.78 is 36.9. The summed E-state index contributed by atoms with van der Waals surface area (Å²) >= 11 is -5.71. The Morgan fingerprint density at radius 1 is 1.52 bits per heavy atom. The van der Waals surface area contributed by atoms with Gasteiger partial charge in [-0.15, -0.1) is 0 Å². The third kappa shape index (κ3) is 5.96. The molecular weight excluding hydrogens is 363 g/mol. The van der Waals surface area contributed by atoms with E-state index in [2.05, 4.69) is 13.9 Å². The van der Waals surface area contributed by atoms with Crippen LogP contribution in [-0.2, 0) is 23.8 Å². The summed E-state index contributed by atoms with van der Waals surface area (Å²) in [4.78, 5) is 10.8. The molecule has 2 unspecified atom stereocenters. The third-order valence-corrected chi connectivity index (χ3v) is 5.65. The van der Waals surface area contributed by atoms with Crippen molar-refractivity contribution in [1.29, 1.82) is 0 Å². The smallest absolute Gasteiger partial charge is 0.151 e. The third-order valence-electron chi connectivity index (χ3n) is 2.19. The van der Waals surface area contributed by atoms with E-state index in [4.69, 9.17) is 5.26 Å². The molecule has 4 N–H and O–H groups in total. The van der Waals surface area contributed by atoms with Gasteiger partial charge in [-0.1, -0.05) is 0 Å². The van der Waals surface area contributed by atoms with E-state index in [-0.39, 0.29) is 15.9 Å². The molecule has 0 aliphatic carbocycles. The Kier molecular flexibility index (Phi) is 7.03. The Balaban J connectivity index is 0.000000304. The van der Waals surface area contributed by atoms with Crippen LogP contribution in [0.5, 0.6) is 0 Å². The summed E-state index contributed by atoms with van der Waals surface area (Å²) in [6.45, 7) is 1.27. The van der Waals surface area contributed by atoms with Crippen molar-refractivity contribution in [2.75, 3.05) is 11.1 Å². The summed E-state index contributed by atoms with van der Waals surface area (Å²) in [5, 5.41) is 10.7. The number of carbonyl (C=O) groups excluding carboxylic acids is 1. The second-order valence-electron chi connectivity index (χ2n) is 3.83. The van der Waals surface area contributed by atoms with E-state index in [9.17, 15) is 17.2 Å². The van der Waals surface area contributed by atoms with Crippen LogP contribution in [0.1, 0.15) is 6.92 Å². The normalized spacial score (nSPS) is 19.0. The number of amides is 1. The van der Waals surface area contributed by atoms with E-state index in [0.717, 1.165) is 0 Å². The predicted octanol–water partition coefficient (Wildman–Crippen LogP) is -0.530. The van der Waals surface area contributed by atoms with Crippen molar-refractivity contribution < 1.29 is 26.3 Å². The minimum atomic E-state index is -4.92. The Morgan fingerprint density at radius 2 is 2.19 bits per heavy atom. The molecular formula is C11H15AsN2O6S. The zero-order chi connectivity index (χ0) is 15.9. The fraction of sp³-hybridized carbons (Fsp3) is 0.182. The topological polar surface area (TPSA) is 131 Å². The molecule has 10 heteroatoms. The standard InChI is InChI=1S/C8H10AsNO5.C3H5NOS/c1-6(11)10-8-5-3-2-4-7(8)9(12,13)15-14;5-6-3-1-2-4-6/h2-5,14H,1H3,(H,10,11)(H,12,13);1-2,4H,3H2. The van der Waals surface area contributed by atoms with Crippen LogP contribution in [0.3, 0.4) is 0 Å². The molecule has 0 fully saturated rings. The molecule has 21 heavy (non-hydrogen) atoms. The molecule has 8 nitrogen and oxygen atoms in total. The van der Waals surface area contributed by atoms with Gasteiger partial charge in [0, 0.05) is 6.20 Å². The predicted molar refractivity (Wildman–Crippen MR) is 78.0 cm³/mol. The first-order valence-corrected chi connectivity index (χ1v) is 10.3. The van der Waals surface area contributed by atoms with Crippen LogP contribution < -0.4 is 14.4 Å². The van der Waals surface area contributed by atoms with E-state index in [0.29, 0.717) is 5.75 Å². The maximum Gasteiger partial charge on any atom is 0.151 e. The van der Waals surface area contributed by atoms with Gasteiger partial charge in [-0.25, -0.2) is 4.72 Å². The number of benzene rings is 1. The summed E-state index contributed by atoms with van der Waals surface area (Å²) in [7, 11) is 0. The number of hydrogen-bond donors (Lipinski definition) is 4. The quantitative estimate of drug-likeness (QED) is 0.241. The van der Waals surface area contributed by atoms with Crippen molar-refractivity contribution in [1.82, 2.24) is 4.72 Å². The van der Waals surface area contributed by atoms with E-state index in [1.807, 2.05) is 6.08 Å². The monoisotopic (exact) mass is 378 g/mol. The van der Waals surface area contributed by atoms with Gasteiger partial charge in [0.15, 0.2) is 5.75 Å². The molecule has 0 saturated heterocycles. The van der Waals surface area contributed by atoms with Gasteiger partial charge in [-0.05, 0) is 6.08 Å². The van der Waals surface area contributed by atoms with Crippen LogP contribution in [0.15, 0.2) is 36.5 Å². The second kappa shape index (κ2) is 8.28.